The lowest BCUT2D eigenvalue weighted by molar-refractivity contribution is -0.115. The van der Waals surface area contributed by atoms with E-state index in [1.54, 1.807) is 35.3 Å². The van der Waals surface area contributed by atoms with Crippen LogP contribution in [0.3, 0.4) is 0 Å². The quantitative estimate of drug-likeness (QED) is 0.546. The van der Waals surface area contributed by atoms with Gasteiger partial charge < -0.3 is 5.32 Å². The standard InChI is InChI=1S/C20H14N6O2S/c27-18-8-14-7-13(3-6-16(14)23-18)17-9-29-20(24-17)25-19(28)12-1-4-15(5-2-12)26-11-21-10-22-26/h1-7,9-11H,8H2,(H,23,27)(H,24,25,28). The van der Waals surface area contributed by atoms with Crippen LogP contribution in [0.15, 0.2) is 60.5 Å². The van der Waals surface area contributed by atoms with Gasteiger partial charge in [0.25, 0.3) is 5.91 Å². The highest BCUT2D eigenvalue weighted by Gasteiger charge is 2.18. The van der Waals surface area contributed by atoms with Crippen LogP contribution in [0.2, 0.25) is 0 Å². The Hall–Kier alpha value is -3.85. The molecule has 2 aromatic carbocycles. The van der Waals surface area contributed by atoms with Crippen molar-refractivity contribution in [2.45, 2.75) is 6.42 Å². The molecule has 5 rings (SSSR count). The Labute approximate surface area is 169 Å². The molecule has 2 aromatic heterocycles. The number of nitrogens with one attached hydrogen (secondary N) is 2. The van der Waals surface area contributed by atoms with E-state index in [4.69, 9.17) is 0 Å². The van der Waals surface area contributed by atoms with Crippen LogP contribution in [-0.4, -0.2) is 31.6 Å². The minimum atomic E-state index is -0.236. The van der Waals surface area contributed by atoms with Gasteiger partial charge in [-0.1, -0.05) is 6.07 Å². The van der Waals surface area contributed by atoms with Crippen LogP contribution in [0, 0.1) is 0 Å². The molecule has 9 heteroatoms. The number of aromatic nitrogens is 4. The Kier molecular flexibility index (Phi) is 4.14. The molecule has 0 atom stereocenters. The van der Waals surface area contributed by atoms with Crippen molar-refractivity contribution in [2.24, 2.45) is 0 Å². The molecule has 0 radical (unpaired) electrons. The molecule has 0 unspecified atom stereocenters. The van der Waals surface area contributed by atoms with E-state index in [0.29, 0.717) is 17.1 Å². The maximum absolute atomic E-state index is 12.5. The minimum Gasteiger partial charge on any atom is -0.326 e. The predicted molar refractivity (Wildman–Crippen MR) is 109 cm³/mol. The van der Waals surface area contributed by atoms with Gasteiger partial charge in [0, 0.05) is 22.2 Å². The van der Waals surface area contributed by atoms with Gasteiger partial charge in [-0.3, -0.25) is 14.9 Å². The molecule has 2 N–H and O–H groups in total. The minimum absolute atomic E-state index is 0.00165. The first-order valence-electron chi connectivity index (χ1n) is 8.81. The van der Waals surface area contributed by atoms with Crippen LogP contribution in [-0.2, 0) is 11.2 Å². The van der Waals surface area contributed by atoms with Crippen molar-refractivity contribution in [1.82, 2.24) is 19.7 Å². The molecule has 0 fully saturated rings. The van der Waals surface area contributed by atoms with Crippen molar-refractivity contribution in [2.75, 3.05) is 10.6 Å². The molecule has 1 aliphatic rings. The van der Waals surface area contributed by atoms with Gasteiger partial charge in [0.05, 0.1) is 17.8 Å². The second kappa shape index (κ2) is 6.95. The lowest BCUT2D eigenvalue weighted by Gasteiger charge is -2.04. The highest BCUT2D eigenvalue weighted by atomic mass is 32.1. The molecule has 0 saturated carbocycles. The molecule has 1 aliphatic heterocycles. The average molecular weight is 402 g/mol. The lowest BCUT2D eigenvalue weighted by Crippen LogP contribution is -2.11. The summed E-state index contributed by atoms with van der Waals surface area (Å²) in [6.45, 7) is 0. The van der Waals surface area contributed by atoms with Crippen molar-refractivity contribution in [1.29, 1.82) is 0 Å². The topological polar surface area (TPSA) is 102 Å². The highest BCUT2D eigenvalue weighted by Crippen LogP contribution is 2.31. The Bertz CT molecular complexity index is 1210. The van der Waals surface area contributed by atoms with Crippen LogP contribution >= 0.6 is 11.3 Å². The predicted octanol–water partition coefficient (Wildman–Crippen LogP) is 3.14. The highest BCUT2D eigenvalue weighted by molar-refractivity contribution is 7.14. The van der Waals surface area contributed by atoms with Gasteiger partial charge >= 0.3 is 0 Å². The number of nitrogens with zero attached hydrogens (tertiary/aromatic N) is 4. The number of fused-ring (bicyclic) bond motifs is 1. The fourth-order valence-corrected chi connectivity index (χ4v) is 3.84. The second-order valence-electron chi connectivity index (χ2n) is 6.48. The summed E-state index contributed by atoms with van der Waals surface area (Å²) in [6, 6.07) is 12.8. The van der Waals surface area contributed by atoms with Crippen molar-refractivity contribution < 1.29 is 9.59 Å². The van der Waals surface area contributed by atoms with E-state index in [2.05, 4.69) is 25.7 Å². The van der Waals surface area contributed by atoms with Crippen molar-refractivity contribution >= 4 is 34.0 Å². The summed E-state index contributed by atoms with van der Waals surface area (Å²) < 4.78 is 1.62. The monoisotopic (exact) mass is 402 g/mol. The number of thiazole rings is 1. The summed E-state index contributed by atoms with van der Waals surface area (Å²) in [6.07, 6.45) is 3.43. The first-order chi connectivity index (χ1) is 14.2. The van der Waals surface area contributed by atoms with Crippen LogP contribution < -0.4 is 10.6 Å². The molecule has 4 aromatic rings. The van der Waals surface area contributed by atoms with E-state index in [1.807, 2.05) is 23.6 Å². The van der Waals surface area contributed by atoms with E-state index < -0.39 is 0 Å². The third-order valence-corrected chi connectivity index (χ3v) is 5.32. The fraction of sp³-hybridized carbons (Fsp3) is 0.0500. The first-order valence-corrected chi connectivity index (χ1v) is 9.69. The summed E-state index contributed by atoms with van der Waals surface area (Å²) in [5.41, 5.74) is 4.81. The number of amides is 2. The molecule has 8 nitrogen and oxygen atoms in total. The van der Waals surface area contributed by atoms with Crippen LogP contribution in [0.25, 0.3) is 16.9 Å². The number of hydrogen-bond donors (Lipinski definition) is 2. The Morgan fingerprint density at radius 1 is 1.17 bits per heavy atom. The maximum Gasteiger partial charge on any atom is 0.257 e. The molecule has 0 spiro atoms. The molecule has 0 aliphatic carbocycles. The van der Waals surface area contributed by atoms with Gasteiger partial charge in [0.1, 0.15) is 12.7 Å². The number of carbonyl (C=O) groups is 2. The molecule has 0 saturated heterocycles. The van der Waals surface area contributed by atoms with E-state index in [9.17, 15) is 9.59 Å². The largest absolute Gasteiger partial charge is 0.326 e. The number of hydrogen-bond acceptors (Lipinski definition) is 6. The lowest BCUT2D eigenvalue weighted by atomic mass is 10.1. The van der Waals surface area contributed by atoms with E-state index in [1.165, 1.54) is 17.7 Å². The summed E-state index contributed by atoms with van der Waals surface area (Å²) in [4.78, 5) is 32.5. The average Bonchev–Trinajstić information content (AvgIpc) is 3.47. The smallest absolute Gasteiger partial charge is 0.257 e. The molecule has 2 amide bonds. The zero-order chi connectivity index (χ0) is 19.8. The molecular formula is C20H14N6O2S. The van der Waals surface area contributed by atoms with Crippen LogP contribution in [0.1, 0.15) is 15.9 Å². The first kappa shape index (κ1) is 17.3. The normalized spacial score (nSPS) is 12.5. The van der Waals surface area contributed by atoms with E-state index in [-0.39, 0.29) is 11.8 Å². The molecule has 29 heavy (non-hydrogen) atoms. The third kappa shape index (κ3) is 3.39. The Morgan fingerprint density at radius 3 is 2.83 bits per heavy atom. The summed E-state index contributed by atoms with van der Waals surface area (Å²) >= 11 is 1.35. The molecule has 142 valence electrons. The van der Waals surface area contributed by atoms with Crippen molar-refractivity contribution in [3.8, 4) is 16.9 Å². The zero-order valence-corrected chi connectivity index (χ0v) is 15.8. The van der Waals surface area contributed by atoms with Crippen molar-refractivity contribution in [3.63, 3.8) is 0 Å². The van der Waals surface area contributed by atoms with Gasteiger partial charge in [-0.05, 0) is 42.0 Å². The molecule has 0 bridgehead atoms. The van der Waals surface area contributed by atoms with Gasteiger partial charge in [-0.2, -0.15) is 5.10 Å². The SMILES string of the molecule is O=C1Cc2cc(-c3csc(NC(=O)c4ccc(-n5cncn5)cc4)n3)ccc2N1. The van der Waals surface area contributed by atoms with E-state index in [0.717, 1.165) is 28.2 Å². The number of carbonyl (C=O) groups excluding carboxylic acids is 2. The van der Waals surface area contributed by atoms with E-state index >= 15 is 0 Å². The van der Waals surface area contributed by atoms with Gasteiger partial charge in [-0.25, -0.2) is 14.6 Å². The zero-order valence-electron chi connectivity index (χ0n) is 15.0. The second-order valence-corrected chi connectivity index (χ2v) is 7.33. The summed E-state index contributed by atoms with van der Waals surface area (Å²) in [5, 5.41) is 12.1. The summed E-state index contributed by atoms with van der Waals surface area (Å²) in [7, 11) is 0. The van der Waals surface area contributed by atoms with Crippen LogP contribution in [0.5, 0.6) is 0 Å². The Balaban J connectivity index is 1.31. The third-order valence-electron chi connectivity index (χ3n) is 4.56. The molecule has 3 heterocycles. The van der Waals surface area contributed by atoms with Gasteiger partial charge in [0.2, 0.25) is 5.91 Å². The molecular weight excluding hydrogens is 388 g/mol. The number of benzene rings is 2. The Morgan fingerprint density at radius 2 is 2.03 bits per heavy atom. The summed E-state index contributed by atoms with van der Waals surface area (Å²) in [5.74, 6) is -0.238. The fourth-order valence-electron chi connectivity index (χ4n) is 3.13. The van der Waals surface area contributed by atoms with Crippen molar-refractivity contribution in [3.05, 3.63) is 71.6 Å². The van der Waals surface area contributed by atoms with Gasteiger partial charge in [-0.15, -0.1) is 11.3 Å². The van der Waals surface area contributed by atoms with Crippen LogP contribution in [0.4, 0.5) is 10.8 Å². The maximum atomic E-state index is 12.5. The van der Waals surface area contributed by atoms with Gasteiger partial charge in [0.15, 0.2) is 5.13 Å². The number of anilines is 2. The number of rotatable bonds is 4.